The lowest BCUT2D eigenvalue weighted by atomic mass is 9.69. The van der Waals surface area contributed by atoms with Gasteiger partial charge < -0.3 is 15.4 Å². The van der Waals surface area contributed by atoms with E-state index in [1.807, 2.05) is 72.4 Å². The first-order chi connectivity index (χ1) is 22.3. The second-order valence-electron chi connectivity index (χ2n) is 12.0. The highest BCUT2D eigenvalue weighted by molar-refractivity contribution is 7.09. The zero-order chi connectivity index (χ0) is 32.1. The van der Waals surface area contributed by atoms with Crippen LogP contribution in [-0.4, -0.2) is 11.9 Å². The quantitative estimate of drug-likeness (QED) is 0.227. The normalized spacial score (nSPS) is 16.5. The topological polar surface area (TPSA) is 67.4 Å². The van der Waals surface area contributed by atoms with Gasteiger partial charge in [0.2, 0.25) is 0 Å². The summed E-state index contributed by atoms with van der Waals surface area (Å²) in [6.45, 7) is 4.77. The predicted octanol–water partition coefficient (Wildman–Crippen LogP) is 7.31. The second-order valence-corrected chi connectivity index (χ2v) is 13.1. The van der Waals surface area contributed by atoms with Crippen molar-refractivity contribution in [1.29, 1.82) is 0 Å². The van der Waals surface area contributed by atoms with Crippen molar-refractivity contribution in [3.63, 3.8) is 0 Å². The van der Waals surface area contributed by atoms with Gasteiger partial charge in [0.15, 0.2) is 5.78 Å². The van der Waals surface area contributed by atoms with Crippen LogP contribution in [0.4, 0.5) is 9.18 Å². The number of carbonyl (C=O) groups excluding carboxylic acids is 2. The largest absolute Gasteiger partial charge is 0.412 e. The number of amides is 1. The molecule has 0 spiro atoms. The van der Waals surface area contributed by atoms with Crippen molar-refractivity contribution < 1.29 is 18.7 Å². The number of ether oxygens (including phenoxy) is 1. The van der Waals surface area contributed by atoms with Gasteiger partial charge in [-0.2, -0.15) is 0 Å². The number of thiophene rings is 1. The standard InChI is InChI=1S/C33H28FNO3S.C6H7N/c1-33(2)18-22(31(36)21-5-9-23(34)10-6-21)16-29-27-12-8-20-7-11-24(17-28(20)26(27)13-14-30(29)33)38-32(37)35-19-25-4-3-15-39-25;1-2-4-6-7-5-3-1/h3-7,9-17,22H,8,18-19H2,1-2H3,(H,35,37);1-7H. The maximum Gasteiger partial charge on any atom is 0.412 e. The molecule has 3 aromatic carbocycles. The Morgan fingerprint density at radius 2 is 1.74 bits per heavy atom. The number of allylic oxidation sites excluding steroid dienone is 4. The average Bonchev–Trinajstić information content (AvgIpc) is 3.40. The lowest BCUT2D eigenvalue weighted by Crippen LogP contribution is -2.43. The van der Waals surface area contributed by atoms with E-state index in [9.17, 15) is 14.0 Å². The van der Waals surface area contributed by atoms with Crippen molar-refractivity contribution in [2.75, 3.05) is 0 Å². The van der Waals surface area contributed by atoms with Gasteiger partial charge in [-0.15, -0.1) is 11.3 Å². The molecule has 0 bridgehead atoms. The van der Waals surface area contributed by atoms with Crippen LogP contribution in [-0.2, 0) is 18.4 Å². The fraction of sp³-hybridized carbons (Fsp3) is 0.179. The molecule has 7 rings (SSSR count). The molecule has 46 heavy (non-hydrogen) atoms. The molecule has 0 fully saturated rings. The second kappa shape index (κ2) is 13.5. The first-order valence-electron chi connectivity index (χ1n) is 15.3. The molecule has 1 amide bonds. The molecule has 1 aliphatic heterocycles. The van der Waals surface area contributed by atoms with Crippen molar-refractivity contribution in [2.45, 2.75) is 38.6 Å². The van der Waals surface area contributed by atoms with Gasteiger partial charge >= 0.3 is 6.09 Å². The number of hydrogen-bond acceptors (Lipinski definition) is 5. The van der Waals surface area contributed by atoms with Gasteiger partial charge in [0.25, 0.3) is 0 Å². The van der Waals surface area contributed by atoms with Crippen LogP contribution in [0.2, 0.25) is 0 Å². The number of hydrogen-bond donors (Lipinski definition) is 2. The maximum atomic E-state index is 13.5. The third kappa shape index (κ3) is 6.95. The number of halogens is 1. The van der Waals surface area contributed by atoms with Gasteiger partial charge in [0, 0.05) is 28.8 Å². The number of fused-ring (bicyclic) bond motifs is 5. The highest BCUT2D eigenvalue weighted by atomic mass is 32.1. The smallest absolute Gasteiger partial charge is 0.410 e. The Labute approximate surface area is 272 Å². The molecule has 0 radical (unpaired) electrons. The zero-order valence-corrected chi connectivity index (χ0v) is 26.6. The summed E-state index contributed by atoms with van der Waals surface area (Å²) in [5.41, 5.74) is 4.76. The Morgan fingerprint density at radius 3 is 2.48 bits per heavy atom. The van der Waals surface area contributed by atoms with Crippen molar-refractivity contribution >= 4 is 35.4 Å². The van der Waals surface area contributed by atoms with E-state index in [0.717, 1.165) is 38.4 Å². The SMILES string of the molecule is C1=CC=CNC=C1.CC1(C)CC(C(=O)c2ccc(F)cc2)C=c2c1ccc1c2=CCc2ccc(OC(=O)NCc3cccs3)cc2-1. The molecule has 1 unspecified atom stereocenters. The van der Waals surface area contributed by atoms with E-state index in [1.54, 1.807) is 23.5 Å². The Balaban J connectivity index is 0.000000471. The third-order valence-corrected chi connectivity index (χ3v) is 9.27. The molecule has 3 aliphatic rings. The van der Waals surface area contributed by atoms with Crippen molar-refractivity contribution in [2.24, 2.45) is 5.92 Å². The van der Waals surface area contributed by atoms with E-state index in [-0.39, 0.29) is 22.9 Å². The minimum absolute atomic E-state index is 0.00628. The monoisotopic (exact) mass is 630 g/mol. The van der Waals surface area contributed by atoms with Gasteiger partial charge in [-0.1, -0.05) is 62.4 Å². The van der Waals surface area contributed by atoms with E-state index in [0.29, 0.717) is 24.3 Å². The minimum Gasteiger partial charge on any atom is -0.410 e. The predicted molar refractivity (Wildman–Crippen MR) is 183 cm³/mol. The van der Waals surface area contributed by atoms with E-state index >= 15 is 0 Å². The van der Waals surface area contributed by atoms with Crippen LogP contribution in [0.5, 0.6) is 5.75 Å². The molecule has 232 valence electrons. The molecule has 2 N–H and O–H groups in total. The highest BCUT2D eigenvalue weighted by Gasteiger charge is 2.34. The summed E-state index contributed by atoms with van der Waals surface area (Å²) in [4.78, 5) is 26.9. The number of benzene rings is 3. The number of rotatable bonds is 5. The molecule has 4 aromatic rings. The number of Topliss-reactive ketones (excluding diaryl/α,β-unsaturated/α-hetero) is 1. The van der Waals surface area contributed by atoms with Gasteiger partial charge in [-0.25, -0.2) is 9.18 Å². The maximum absolute atomic E-state index is 13.5. The minimum atomic E-state index is -0.492. The van der Waals surface area contributed by atoms with Crippen LogP contribution in [0.3, 0.4) is 0 Å². The highest BCUT2D eigenvalue weighted by Crippen LogP contribution is 2.36. The number of carbonyl (C=O) groups is 2. The number of nitrogens with one attached hydrogen (secondary N) is 2. The number of ketones is 1. The molecule has 2 aliphatic carbocycles. The summed E-state index contributed by atoms with van der Waals surface area (Å²) < 4.78 is 19.1. The molecular formula is C39H35FN2O3S. The molecule has 0 saturated carbocycles. The van der Waals surface area contributed by atoms with Crippen LogP contribution in [0, 0.1) is 11.7 Å². The van der Waals surface area contributed by atoms with Crippen molar-refractivity contribution in [1.82, 2.24) is 10.6 Å². The van der Waals surface area contributed by atoms with E-state index in [4.69, 9.17) is 4.74 Å². The average molecular weight is 631 g/mol. The Bertz CT molecular complexity index is 1960. The van der Waals surface area contributed by atoms with Crippen molar-refractivity contribution in [3.05, 3.63) is 147 Å². The first kappa shape index (κ1) is 31.0. The summed E-state index contributed by atoms with van der Waals surface area (Å²) >= 11 is 1.58. The Kier molecular flexibility index (Phi) is 9.13. The summed E-state index contributed by atoms with van der Waals surface area (Å²) in [6.07, 6.45) is 16.8. The fourth-order valence-corrected chi connectivity index (χ4v) is 6.80. The molecule has 1 atom stereocenters. The summed E-state index contributed by atoms with van der Waals surface area (Å²) in [6, 6.07) is 19.8. The van der Waals surface area contributed by atoms with Gasteiger partial charge in [-0.05, 0) is 111 Å². The molecule has 1 aromatic heterocycles. The van der Waals surface area contributed by atoms with Crippen LogP contribution in [0.1, 0.15) is 46.6 Å². The van der Waals surface area contributed by atoms with Crippen LogP contribution < -0.4 is 25.8 Å². The van der Waals surface area contributed by atoms with Gasteiger partial charge in [-0.3, -0.25) is 4.79 Å². The fourth-order valence-electron chi connectivity index (χ4n) is 6.16. The van der Waals surface area contributed by atoms with E-state index < -0.39 is 6.09 Å². The van der Waals surface area contributed by atoms with Gasteiger partial charge in [0.1, 0.15) is 11.6 Å². The van der Waals surface area contributed by atoms with Crippen LogP contribution in [0.25, 0.3) is 23.3 Å². The lowest BCUT2D eigenvalue weighted by Gasteiger charge is -2.34. The molecule has 5 nitrogen and oxygen atoms in total. The van der Waals surface area contributed by atoms with Crippen LogP contribution in [0.15, 0.2) is 109 Å². The van der Waals surface area contributed by atoms with Crippen LogP contribution >= 0.6 is 11.3 Å². The molecular weight excluding hydrogens is 596 g/mol. The molecule has 7 heteroatoms. The van der Waals surface area contributed by atoms with Gasteiger partial charge in [0.05, 0.1) is 6.54 Å². The summed E-state index contributed by atoms with van der Waals surface area (Å²) in [7, 11) is 0. The Morgan fingerprint density at radius 1 is 0.957 bits per heavy atom. The Hall–Kier alpha value is -5.01. The summed E-state index contributed by atoms with van der Waals surface area (Å²) in [5, 5.41) is 9.87. The van der Waals surface area contributed by atoms with E-state index in [2.05, 4.69) is 48.8 Å². The summed E-state index contributed by atoms with van der Waals surface area (Å²) in [5.74, 6) is -0.167. The lowest BCUT2D eigenvalue weighted by molar-refractivity contribution is 0.0933. The van der Waals surface area contributed by atoms with Crippen molar-refractivity contribution in [3.8, 4) is 16.9 Å². The molecule has 0 saturated heterocycles. The zero-order valence-electron chi connectivity index (χ0n) is 25.8. The van der Waals surface area contributed by atoms with E-state index in [1.165, 1.54) is 17.7 Å². The third-order valence-electron chi connectivity index (χ3n) is 8.39. The molecule has 2 heterocycles. The first-order valence-corrected chi connectivity index (χ1v) is 16.2.